The average Bonchev–Trinajstić information content (AvgIpc) is 2.87. The van der Waals surface area contributed by atoms with E-state index in [1.54, 1.807) is 58.6 Å². The van der Waals surface area contributed by atoms with Crippen LogP contribution in [0.5, 0.6) is 17.2 Å². The molecular weight excluding hydrogens is 431 g/mol. The second-order valence-electron chi connectivity index (χ2n) is 7.46. The molecule has 4 nitrogen and oxygen atoms in total. The van der Waals surface area contributed by atoms with Gasteiger partial charge >= 0.3 is 0 Å². The normalized spacial score (nSPS) is 11.4. The molecule has 34 heavy (non-hydrogen) atoms. The summed E-state index contributed by atoms with van der Waals surface area (Å²) in [6, 6.07) is 16.1. The van der Waals surface area contributed by atoms with Crippen molar-refractivity contribution in [2.45, 2.75) is 6.92 Å². The van der Waals surface area contributed by atoms with Crippen LogP contribution in [0.4, 0.5) is 4.39 Å². The number of ether oxygens (including phenoxy) is 3. The van der Waals surface area contributed by atoms with E-state index < -0.39 is 0 Å². The maximum absolute atomic E-state index is 13.7. The van der Waals surface area contributed by atoms with Gasteiger partial charge in [0.25, 0.3) is 0 Å². The van der Waals surface area contributed by atoms with Gasteiger partial charge in [0.2, 0.25) is 0 Å². The summed E-state index contributed by atoms with van der Waals surface area (Å²) in [5, 5.41) is 0. The lowest BCUT2D eigenvalue weighted by Crippen LogP contribution is -1.94. The van der Waals surface area contributed by atoms with Crippen molar-refractivity contribution < 1.29 is 23.4 Å². The van der Waals surface area contributed by atoms with E-state index in [4.69, 9.17) is 14.2 Å². The summed E-state index contributed by atoms with van der Waals surface area (Å²) in [5.41, 5.74) is 3.70. The van der Waals surface area contributed by atoms with Crippen LogP contribution in [0.3, 0.4) is 0 Å². The van der Waals surface area contributed by atoms with E-state index in [0.717, 1.165) is 22.4 Å². The fourth-order valence-electron chi connectivity index (χ4n) is 3.32. The highest BCUT2D eigenvalue weighted by atomic mass is 19.1. The average molecular weight is 459 g/mol. The second-order valence-corrected chi connectivity index (χ2v) is 7.46. The van der Waals surface area contributed by atoms with Gasteiger partial charge in [0, 0.05) is 11.6 Å². The third-order valence-corrected chi connectivity index (χ3v) is 5.33. The summed E-state index contributed by atoms with van der Waals surface area (Å²) in [4.78, 5) is 12.5. The quantitative estimate of drug-likeness (QED) is 0.267. The molecular formula is C29H27FO4. The molecule has 0 saturated heterocycles. The van der Waals surface area contributed by atoms with Crippen LogP contribution >= 0.6 is 0 Å². The molecule has 0 aromatic heterocycles. The van der Waals surface area contributed by atoms with Gasteiger partial charge in [0.15, 0.2) is 5.78 Å². The monoisotopic (exact) mass is 458 g/mol. The van der Waals surface area contributed by atoms with Gasteiger partial charge in [-0.3, -0.25) is 4.79 Å². The van der Waals surface area contributed by atoms with Crippen molar-refractivity contribution in [3.05, 3.63) is 100 Å². The maximum atomic E-state index is 13.7. The Bertz CT molecular complexity index is 1240. The van der Waals surface area contributed by atoms with Crippen molar-refractivity contribution in [1.82, 2.24) is 0 Å². The number of benzene rings is 3. The van der Waals surface area contributed by atoms with E-state index >= 15 is 0 Å². The molecule has 5 heteroatoms. The minimum atomic E-state index is -0.304. The van der Waals surface area contributed by atoms with Crippen molar-refractivity contribution in [1.29, 1.82) is 0 Å². The molecule has 0 saturated carbocycles. The molecule has 0 bridgehead atoms. The van der Waals surface area contributed by atoms with E-state index in [0.29, 0.717) is 22.6 Å². The smallest absolute Gasteiger partial charge is 0.178 e. The lowest BCUT2D eigenvalue weighted by atomic mass is 10.0. The zero-order valence-corrected chi connectivity index (χ0v) is 19.7. The Kier molecular flexibility index (Phi) is 8.41. The van der Waals surface area contributed by atoms with Gasteiger partial charge in [-0.25, -0.2) is 4.39 Å². The highest BCUT2D eigenvalue weighted by Gasteiger charge is 2.09. The van der Waals surface area contributed by atoms with E-state index in [9.17, 15) is 9.18 Å². The van der Waals surface area contributed by atoms with E-state index in [2.05, 4.69) is 0 Å². The maximum Gasteiger partial charge on any atom is 0.178 e. The van der Waals surface area contributed by atoms with Gasteiger partial charge in [-0.2, -0.15) is 0 Å². The van der Waals surface area contributed by atoms with Crippen molar-refractivity contribution in [2.24, 2.45) is 0 Å². The van der Waals surface area contributed by atoms with Gasteiger partial charge in [0.05, 0.1) is 21.3 Å². The Morgan fingerprint density at radius 3 is 2.15 bits per heavy atom. The van der Waals surface area contributed by atoms with Crippen molar-refractivity contribution in [3.8, 4) is 17.2 Å². The third kappa shape index (κ3) is 6.23. The molecule has 3 rings (SSSR count). The summed E-state index contributed by atoms with van der Waals surface area (Å²) in [6.45, 7) is 1.68. The lowest BCUT2D eigenvalue weighted by molar-refractivity contribution is -0.110. The molecule has 0 radical (unpaired) electrons. The molecule has 0 amide bonds. The van der Waals surface area contributed by atoms with Crippen LogP contribution in [0.2, 0.25) is 0 Å². The van der Waals surface area contributed by atoms with E-state index in [1.165, 1.54) is 18.2 Å². The van der Waals surface area contributed by atoms with Crippen LogP contribution in [-0.2, 0) is 4.79 Å². The Balaban J connectivity index is 1.90. The summed E-state index contributed by atoms with van der Waals surface area (Å²) in [7, 11) is 4.78. The number of allylic oxidation sites excluding steroid dienone is 2. The van der Waals surface area contributed by atoms with Gasteiger partial charge in [0.1, 0.15) is 23.1 Å². The molecule has 3 aromatic rings. The van der Waals surface area contributed by atoms with Crippen LogP contribution < -0.4 is 14.2 Å². The number of ketones is 1. The van der Waals surface area contributed by atoms with Crippen LogP contribution in [0.25, 0.3) is 24.3 Å². The lowest BCUT2D eigenvalue weighted by Gasteiger charge is -2.11. The molecule has 3 aromatic carbocycles. The molecule has 0 unspecified atom stereocenters. The predicted molar refractivity (Wildman–Crippen MR) is 136 cm³/mol. The first-order chi connectivity index (χ1) is 16.4. The van der Waals surface area contributed by atoms with Gasteiger partial charge in [-0.05, 0) is 71.7 Å². The number of hydrogen-bond acceptors (Lipinski definition) is 4. The Morgan fingerprint density at radius 2 is 1.47 bits per heavy atom. The molecule has 0 atom stereocenters. The molecule has 0 spiro atoms. The molecule has 0 aliphatic heterocycles. The largest absolute Gasteiger partial charge is 0.497 e. The Hall–Kier alpha value is -4.12. The number of carbonyl (C=O) groups excluding carboxylic acids is 1. The number of carbonyl (C=O) groups is 1. The fourth-order valence-corrected chi connectivity index (χ4v) is 3.32. The van der Waals surface area contributed by atoms with E-state index in [-0.39, 0.29) is 11.6 Å². The number of halogens is 1. The standard InChI is InChI=1S/C29H27FO4/c1-20-22(6-5-7-28(20)30)12-13-24(31)14-17-27-23(18-26(33-3)19-29(27)34-4)11-8-21-9-15-25(32-2)16-10-21/h5-19H,1-4H3/b11-8+,13-12+,17-14+. The Morgan fingerprint density at radius 1 is 0.765 bits per heavy atom. The van der Waals surface area contributed by atoms with Crippen LogP contribution in [0, 0.1) is 12.7 Å². The fraction of sp³-hybridized carbons (Fsp3) is 0.138. The Labute approximate surface area is 199 Å². The van der Waals surface area contributed by atoms with Gasteiger partial charge < -0.3 is 14.2 Å². The minimum Gasteiger partial charge on any atom is -0.497 e. The molecule has 174 valence electrons. The highest BCUT2D eigenvalue weighted by molar-refractivity contribution is 6.05. The summed E-state index contributed by atoms with van der Waals surface area (Å²) in [5.74, 6) is 1.45. The number of hydrogen-bond donors (Lipinski definition) is 0. The SMILES string of the molecule is COc1ccc(/C=C/c2cc(OC)cc(OC)c2/C=C/C(=O)/C=C/c2cccc(F)c2C)cc1. The first-order valence-electron chi connectivity index (χ1n) is 10.7. The molecule has 0 fully saturated rings. The molecule has 0 aliphatic rings. The topological polar surface area (TPSA) is 44.8 Å². The summed E-state index contributed by atoms with van der Waals surface area (Å²) < 4.78 is 29.9. The van der Waals surface area contributed by atoms with Crippen LogP contribution in [-0.4, -0.2) is 27.1 Å². The zero-order valence-electron chi connectivity index (χ0n) is 19.7. The van der Waals surface area contributed by atoms with Crippen molar-refractivity contribution >= 4 is 30.1 Å². The number of methoxy groups -OCH3 is 3. The van der Waals surface area contributed by atoms with Crippen LogP contribution in [0.1, 0.15) is 27.8 Å². The summed E-state index contributed by atoms with van der Waals surface area (Å²) in [6.07, 6.45) is 10.1. The van der Waals surface area contributed by atoms with Gasteiger partial charge in [-0.1, -0.05) is 42.5 Å². The highest BCUT2D eigenvalue weighted by Crippen LogP contribution is 2.31. The second kappa shape index (κ2) is 11.7. The first-order valence-corrected chi connectivity index (χ1v) is 10.7. The molecule has 0 aliphatic carbocycles. The predicted octanol–water partition coefficient (Wildman–Crippen LogP) is 6.63. The number of rotatable bonds is 9. The third-order valence-electron chi connectivity index (χ3n) is 5.33. The van der Waals surface area contributed by atoms with Gasteiger partial charge in [-0.15, -0.1) is 0 Å². The minimum absolute atomic E-state index is 0.230. The molecule has 0 N–H and O–H groups in total. The first kappa shape index (κ1) is 24.5. The zero-order chi connectivity index (χ0) is 24.5. The molecule has 0 heterocycles. The van der Waals surface area contributed by atoms with Crippen molar-refractivity contribution in [2.75, 3.05) is 21.3 Å². The van der Waals surface area contributed by atoms with E-state index in [1.807, 2.05) is 42.5 Å². The van der Waals surface area contributed by atoms with Crippen molar-refractivity contribution in [3.63, 3.8) is 0 Å². The summed E-state index contributed by atoms with van der Waals surface area (Å²) >= 11 is 0. The van der Waals surface area contributed by atoms with Crippen LogP contribution in [0.15, 0.2) is 66.7 Å².